The third kappa shape index (κ3) is 2.41. The first-order valence-electron chi connectivity index (χ1n) is 9.32. The molecule has 1 aromatic carbocycles. The summed E-state index contributed by atoms with van der Waals surface area (Å²) in [6.07, 6.45) is 3.05. The van der Waals surface area contributed by atoms with Crippen LogP contribution >= 0.6 is 0 Å². The molecular formula is C20H21N5O2. The van der Waals surface area contributed by atoms with Crippen LogP contribution in [-0.2, 0) is 9.53 Å². The van der Waals surface area contributed by atoms with E-state index in [1.807, 2.05) is 42.5 Å². The maximum absolute atomic E-state index is 12.5. The zero-order valence-electron chi connectivity index (χ0n) is 15.2. The second kappa shape index (κ2) is 6.04. The number of methoxy groups -OCH3 is 1. The number of fused-ring (bicyclic) bond motifs is 2. The van der Waals surface area contributed by atoms with Crippen LogP contribution in [0.25, 0.3) is 17.0 Å². The number of ether oxygens (including phenoxy) is 1. The molecule has 7 nitrogen and oxygen atoms in total. The van der Waals surface area contributed by atoms with Crippen LogP contribution < -0.4 is 4.90 Å². The van der Waals surface area contributed by atoms with Crippen LogP contribution in [0, 0.1) is 11.3 Å². The molecule has 0 spiro atoms. The zero-order valence-corrected chi connectivity index (χ0v) is 15.2. The fraction of sp³-hybridized carbons (Fsp3) is 0.400. The Morgan fingerprint density at radius 2 is 2.04 bits per heavy atom. The third-order valence-electron chi connectivity index (χ3n) is 6.07. The number of carbonyl (C=O) groups is 1. The number of hydrogen-bond acceptors (Lipinski definition) is 6. The van der Waals surface area contributed by atoms with E-state index in [-0.39, 0.29) is 11.4 Å². The molecule has 2 unspecified atom stereocenters. The molecule has 1 saturated heterocycles. The highest BCUT2D eigenvalue weighted by molar-refractivity contribution is 5.79. The Hall–Kier alpha value is -2.96. The van der Waals surface area contributed by atoms with Gasteiger partial charge in [-0.25, -0.2) is 0 Å². The fourth-order valence-corrected chi connectivity index (χ4v) is 4.72. The predicted molar refractivity (Wildman–Crippen MR) is 100 cm³/mol. The quantitative estimate of drug-likeness (QED) is 0.666. The second-order valence-corrected chi connectivity index (χ2v) is 7.47. The van der Waals surface area contributed by atoms with E-state index in [1.165, 1.54) is 7.11 Å². The van der Waals surface area contributed by atoms with Crippen molar-refractivity contribution in [3.63, 3.8) is 0 Å². The highest BCUT2D eigenvalue weighted by Gasteiger charge is 2.55. The average Bonchev–Trinajstić information content (AvgIpc) is 3.39. The lowest BCUT2D eigenvalue weighted by Crippen LogP contribution is -2.37. The number of aromatic nitrogens is 4. The first-order valence-corrected chi connectivity index (χ1v) is 9.32. The first kappa shape index (κ1) is 16.2. The van der Waals surface area contributed by atoms with Crippen molar-refractivity contribution in [3.05, 3.63) is 42.5 Å². The van der Waals surface area contributed by atoms with Gasteiger partial charge in [-0.3, -0.25) is 4.79 Å². The van der Waals surface area contributed by atoms with Crippen LogP contribution in [-0.4, -0.2) is 46.0 Å². The number of anilines is 1. The molecule has 27 heavy (non-hydrogen) atoms. The van der Waals surface area contributed by atoms with E-state index in [2.05, 4.69) is 15.1 Å². The van der Waals surface area contributed by atoms with Crippen molar-refractivity contribution in [2.75, 3.05) is 25.1 Å². The minimum absolute atomic E-state index is 0.0807. The molecule has 2 aliphatic rings. The monoisotopic (exact) mass is 363 g/mol. The van der Waals surface area contributed by atoms with E-state index in [0.29, 0.717) is 18.1 Å². The summed E-state index contributed by atoms with van der Waals surface area (Å²) in [5.41, 5.74) is 1.29. The van der Waals surface area contributed by atoms with Crippen molar-refractivity contribution in [2.45, 2.75) is 19.3 Å². The maximum Gasteiger partial charge on any atom is 0.313 e. The van der Waals surface area contributed by atoms with Gasteiger partial charge < -0.3 is 9.64 Å². The SMILES string of the molecule is COC(=O)C12CCCC1CN(c1ccc3nnc(-c4ccccc4)n3n1)C2. The van der Waals surface area contributed by atoms with Gasteiger partial charge in [0.1, 0.15) is 5.82 Å². The number of benzene rings is 1. The molecule has 7 heteroatoms. The summed E-state index contributed by atoms with van der Waals surface area (Å²) in [7, 11) is 1.49. The smallest absolute Gasteiger partial charge is 0.313 e. The Balaban J connectivity index is 1.52. The van der Waals surface area contributed by atoms with Crippen molar-refractivity contribution >= 4 is 17.4 Å². The van der Waals surface area contributed by atoms with Crippen LogP contribution in [0.5, 0.6) is 0 Å². The summed E-state index contributed by atoms with van der Waals surface area (Å²) in [6, 6.07) is 13.8. The summed E-state index contributed by atoms with van der Waals surface area (Å²) in [5, 5.41) is 13.3. The van der Waals surface area contributed by atoms with Crippen LogP contribution in [0.4, 0.5) is 5.82 Å². The lowest BCUT2D eigenvalue weighted by atomic mass is 9.81. The number of rotatable bonds is 3. The Labute approximate surface area is 157 Å². The molecule has 5 rings (SSSR count). The van der Waals surface area contributed by atoms with Gasteiger partial charge in [-0.15, -0.1) is 15.3 Å². The van der Waals surface area contributed by atoms with E-state index in [9.17, 15) is 4.79 Å². The highest BCUT2D eigenvalue weighted by Crippen LogP contribution is 2.50. The summed E-state index contributed by atoms with van der Waals surface area (Å²) >= 11 is 0. The molecule has 1 aliphatic heterocycles. The van der Waals surface area contributed by atoms with Gasteiger partial charge in [0.2, 0.25) is 0 Å². The van der Waals surface area contributed by atoms with Gasteiger partial charge in [0.15, 0.2) is 11.5 Å². The van der Waals surface area contributed by atoms with E-state index >= 15 is 0 Å². The molecular weight excluding hydrogens is 342 g/mol. The molecule has 138 valence electrons. The average molecular weight is 363 g/mol. The second-order valence-electron chi connectivity index (χ2n) is 7.47. The Morgan fingerprint density at radius 3 is 2.85 bits per heavy atom. The molecule has 2 aromatic heterocycles. The lowest BCUT2D eigenvalue weighted by molar-refractivity contribution is -0.152. The lowest BCUT2D eigenvalue weighted by Gasteiger charge is -2.25. The molecule has 0 N–H and O–H groups in total. The standard InChI is InChI=1S/C20H21N5O2/c1-27-19(26)20-11-5-8-15(20)12-24(13-20)17-10-9-16-21-22-18(25(16)23-17)14-6-3-2-4-7-14/h2-4,6-7,9-10,15H,5,8,11-13H2,1H3. The van der Waals surface area contributed by atoms with Crippen molar-refractivity contribution in [3.8, 4) is 11.4 Å². The minimum Gasteiger partial charge on any atom is -0.469 e. The molecule has 0 bridgehead atoms. The summed E-state index contributed by atoms with van der Waals surface area (Å²) in [6.45, 7) is 1.49. The largest absolute Gasteiger partial charge is 0.469 e. The molecule has 1 saturated carbocycles. The molecule has 1 aliphatic carbocycles. The van der Waals surface area contributed by atoms with Crippen LogP contribution in [0.2, 0.25) is 0 Å². The number of esters is 1. The normalized spacial score (nSPS) is 24.3. The molecule has 0 amide bonds. The first-order chi connectivity index (χ1) is 13.2. The van der Waals surface area contributed by atoms with Gasteiger partial charge in [0, 0.05) is 18.7 Å². The topological polar surface area (TPSA) is 72.6 Å². The maximum atomic E-state index is 12.5. The van der Waals surface area contributed by atoms with Gasteiger partial charge in [-0.05, 0) is 30.9 Å². The summed E-state index contributed by atoms with van der Waals surface area (Å²) in [5.74, 6) is 1.81. The van der Waals surface area contributed by atoms with Gasteiger partial charge in [0.25, 0.3) is 0 Å². The molecule has 3 heterocycles. The van der Waals surface area contributed by atoms with E-state index in [4.69, 9.17) is 9.84 Å². The Morgan fingerprint density at radius 1 is 1.19 bits per heavy atom. The molecule has 0 radical (unpaired) electrons. The Bertz CT molecular complexity index is 1000. The van der Waals surface area contributed by atoms with Crippen LogP contribution in [0.15, 0.2) is 42.5 Å². The molecule has 2 atom stereocenters. The van der Waals surface area contributed by atoms with Crippen LogP contribution in [0.3, 0.4) is 0 Å². The summed E-state index contributed by atoms with van der Waals surface area (Å²) in [4.78, 5) is 14.7. The fourth-order valence-electron chi connectivity index (χ4n) is 4.72. The molecule has 3 aromatic rings. The summed E-state index contributed by atoms with van der Waals surface area (Å²) < 4.78 is 6.93. The highest BCUT2D eigenvalue weighted by atomic mass is 16.5. The van der Waals surface area contributed by atoms with Gasteiger partial charge in [0.05, 0.1) is 12.5 Å². The van der Waals surface area contributed by atoms with E-state index in [0.717, 1.165) is 43.0 Å². The number of carbonyl (C=O) groups excluding carboxylic acids is 1. The van der Waals surface area contributed by atoms with Gasteiger partial charge in [-0.1, -0.05) is 36.8 Å². The van der Waals surface area contributed by atoms with Crippen molar-refractivity contribution in [2.24, 2.45) is 11.3 Å². The van der Waals surface area contributed by atoms with Crippen LogP contribution in [0.1, 0.15) is 19.3 Å². The molecule has 2 fully saturated rings. The van der Waals surface area contributed by atoms with Gasteiger partial charge >= 0.3 is 5.97 Å². The Kier molecular flexibility index (Phi) is 3.63. The number of nitrogens with zero attached hydrogens (tertiary/aromatic N) is 5. The van der Waals surface area contributed by atoms with Crippen molar-refractivity contribution in [1.29, 1.82) is 0 Å². The van der Waals surface area contributed by atoms with E-state index < -0.39 is 0 Å². The van der Waals surface area contributed by atoms with Gasteiger partial charge in [-0.2, -0.15) is 4.52 Å². The zero-order chi connectivity index (χ0) is 18.4. The van der Waals surface area contributed by atoms with Crippen molar-refractivity contribution < 1.29 is 9.53 Å². The predicted octanol–water partition coefficient (Wildman–Crippen LogP) is 2.57. The third-order valence-corrected chi connectivity index (χ3v) is 6.07. The number of hydrogen-bond donors (Lipinski definition) is 0. The van der Waals surface area contributed by atoms with E-state index in [1.54, 1.807) is 4.52 Å². The minimum atomic E-state index is -0.388. The van der Waals surface area contributed by atoms with Crippen molar-refractivity contribution in [1.82, 2.24) is 19.8 Å².